The molecule has 4 nitrogen and oxygen atoms in total. The number of aliphatic carboxylic acids is 1. The highest BCUT2D eigenvalue weighted by Gasteiger charge is 2.17. The van der Waals surface area contributed by atoms with Crippen LogP contribution >= 0.6 is 0 Å². The summed E-state index contributed by atoms with van der Waals surface area (Å²) >= 11 is 0. The molecule has 4 heteroatoms. The van der Waals surface area contributed by atoms with Crippen molar-refractivity contribution in [3.05, 3.63) is 29.8 Å². The highest BCUT2D eigenvalue weighted by molar-refractivity contribution is 5.66. The largest absolute Gasteiger partial charge is 0.481 e. The van der Waals surface area contributed by atoms with E-state index in [0.717, 1.165) is 32.6 Å². The van der Waals surface area contributed by atoms with Gasteiger partial charge in [0.2, 0.25) is 0 Å². The molecule has 0 spiro atoms. The summed E-state index contributed by atoms with van der Waals surface area (Å²) in [6.07, 6.45) is 1.30. The molecule has 0 aliphatic carbocycles. The van der Waals surface area contributed by atoms with Crippen LogP contribution in [0, 0.1) is 0 Å². The fraction of sp³-hybridized carbons (Fsp3) is 0.533. The smallest absolute Gasteiger partial charge is 0.304 e. The van der Waals surface area contributed by atoms with Crippen LogP contribution in [0.2, 0.25) is 0 Å². The minimum atomic E-state index is -0.710. The van der Waals surface area contributed by atoms with Crippen molar-refractivity contribution in [1.82, 2.24) is 4.90 Å². The molecule has 1 aromatic carbocycles. The normalized spacial score (nSPS) is 16.6. The monoisotopic (exact) mass is 262 g/mol. The second-order valence-electron chi connectivity index (χ2n) is 5.00. The third-order valence-corrected chi connectivity index (χ3v) is 3.70. The Morgan fingerprint density at radius 2 is 2.00 bits per heavy atom. The number of carboxylic acid groups (broad SMARTS) is 1. The molecular formula is C15H22N2O2. The van der Waals surface area contributed by atoms with Crippen molar-refractivity contribution in [2.24, 2.45) is 0 Å². The van der Waals surface area contributed by atoms with Gasteiger partial charge in [0.25, 0.3) is 0 Å². The zero-order valence-corrected chi connectivity index (χ0v) is 11.5. The minimum Gasteiger partial charge on any atom is -0.481 e. The minimum absolute atomic E-state index is 0.241. The molecule has 1 aliphatic heterocycles. The fourth-order valence-corrected chi connectivity index (χ4v) is 2.46. The Hall–Kier alpha value is -1.55. The third kappa shape index (κ3) is 3.96. The zero-order valence-electron chi connectivity index (χ0n) is 11.5. The summed E-state index contributed by atoms with van der Waals surface area (Å²) in [6.45, 7) is 6.69. The maximum Gasteiger partial charge on any atom is 0.304 e. The van der Waals surface area contributed by atoms with Crippen molar-refractivity contribution in [2.45, 2.75) is 19.8 Å². The lowest BCUT2D eigenvalue weighted by atomic mass is 10.1. The molecular weight excluding hydrogens is 240 g/mol. The summed E-state index contributed by atoms with van der Waals surface area (Å²) in [5, 5.41) is 8.69. The van der Waals surface area contributed by atoms with Crippen molar-refractivity contribution >= 4 is 11.7 Å². The van der Waals surface area contributed by atoms with E-state index in [-0.39, 0.29) is 6.42 Å². The van der Waals surface area contributed by atoms with E-state index in [1.807, 2.05) is 0 Å². The van der Waals surface area contributed by atoms with Gasteiger partial charge in [-0.05, 0) is 24.1 Å². The second kappa shape index (κ2) is 6.57. The van der Waals surface area contributed by atoms with Gasteiger partial charge in [-0.25, -0.2) is 0 Å². The van der Waals surface area contributed by atoms with Gasteiger partial charge < -0.3 is 10.0 Å². The van der Waals surface area contributed by atoms with Gasteiger partial charge in [-0.1, -0.05) is 19.1 Å². The lowest BCUT2D eigenvalue weighted by molar-refractivity contribution is -0.137. The summed E-state index contributed by atoms with van der Waals surface area (Å²) < 4.78 is 0. The number of benzene rings is 1. The van der Waals surface area contributed by atoms with Crippen molar-refractivity contribution in [3.8, 4) is 0 Å². The highest BCUT2D eigenvalue weighted by Crippen LogP contribution is 2.18. The quantitative estimate of drug-likeness (QED) is 0.879. The van der Waals surface area contributed by atoms with E-state index in [9.17, 15) is 4.79 Å². The molecule has 0 bridgehead atoms. The first kappa shape index (κ1) is 13.9. The van der Waals surface area contributed by atoms with Crippen molar-refractivity contribution in [3.63, 3.8) is 0 Å². The first-order chi connectivity index (χ1) is 9.19. The maximum absolute atomic E-state index is 10.6. The number of nitrogens with zero attached hydrogens (tertiary/aromatic N) is 2. The Labute approximate surface area is 114 Å². The van der Waals surface area contributed by atoms with E-state index >= 15 is 0 Å². The number of carbonyl (C=O) groups is 1. The summed E-state index contributed by atoms with van der Waals surface area (Å²) in [6, 6.07) is 8.69. The molecule has 1 N–H and O–H groups in total. The van der Waals surface area contributed by atoms with Gasteiger partial charge in [-0.3, -0.25) is 9.69 Å². The fourth-order valence-electron chi connectivity index (χ4n) is 2.46. The number of rotatable bonds is 5. The Kier molecular flexibility index (Phi) is 4.80. The van der Waals surface area contributed by atoms with Crippen LogP contribution in [0.1, 0.15) is 18.9 Å². The van der Waals surface area contributed by atoms with Crippen LogP contribution in [0.15, 0.2) is 24.3 Å². The van der Waals surface area contributed by atoms with E-state index in [1.165, 1.54) is 11.3 Å². The van der Waals surface area contributed by atoms with Gasteiger partial charge in [-0.15, -0.1) is 0 Å². The van der Waals surface area contributed by atoms with Crippen LogP contribution in [0.4, 0.5) is 5.69 Å². The maximum atomic E-state index is 10.6. The van der Waals surface area contributed by atoms with E-state index in [0.29, 0.717) is 6.54 Å². The van der Waals surface area contributed by atoms with Crippen molar-refractivity contribution in [2.75, 3.05) is 37.6 Å². The molecule has 1 aliphatic rings. The molecule has 1 heterocycles. The van der Waals surface area contributed by atoms with Gasteiger partial charge in [-0.2, -0.15) is 0 Å². The molecule has 0 amide bonds. The number of hydrogen-bond donors (Lipinski definition) is 1. The van der Waals surface area contributed by atoms with Crippen LogP contribution in [0.3, 0.4) is 0 Å². The molecule has 0 radical (unpaired) electrons. The van der Waals surface area contributed by atoms with Crippen LogP contribution in [0.25, 0.3) is 0 Å². The van der Waals surface area contributed by atoms with Crippen molar-refractivity contribution < 1.29 is 9.90 Å². The molecule has 19 heavy (non-hydrogen) atoms. The zero-order chi connectivity index (χ0) is 13.7. The third-order valence-electron chi connectivity index (χ3n) is 3.70. The van der Waals surface area contributed by atoms with Crippen LogP contribution in [-0.2, 0) is 11.2 Å². The predicted molar refractivity (Wildman–Crippen MR) is 76.7 cm³/mol. The van der Waals surface area contributed by atoms with Gasteiger partial charge >= 0.3 is 5.97 Å². The van der Waals surface area contributed by atoms with Crippen LogP contribution < -0.4 is 4.90 Å². The molecule has 104 valence electrons. The highest BCUT2D eigenvalue weighted by atomic mass is 16.4. The van der Waals surface area contributed by atoms with Crippen LogP contribution in [0.5, 0.6) is 0 Å². The molecule has 1 saturated heterocycles. The van der Waals surface area contributed by atoms with Gasteiger partial charge in [0.1, 0.15) is 0 Å². The number of anilines is 1. The van der Waals surface area contributed by atoms with E-state index in [1.54, 1.807) is 0 Å². The topological polar surface area (TPSA) is 43.8 Å². The van der Waals surface area contributed by atoms with Crippen LogP contribution in [-0.4, -0.2) is 48.7 Å². The molecule has 0 unspecified atom stereocenters. The molecule has 2 rings (SSSR count). The lowest BCUT2D eigenvalue weighted by Crippen LogP contribution is -2.46. The van der Waals surface area contributed by atoms with Gasteiger partial charge in [0, 0.05) is 38.4 Å². The first-order valence-electron chi connectivity index (χ1n) is 6.97. The van der Waals surface area contributed by atoms with Gasteiger partial charge in [0.05, 0.1) is 6.42 Å². The second-order valence-corrected chi connectivity index (χ2v) is 5.00. The molecule has 1 aromatic rings. The van der Waals surface area contributed by atoms with E-state index in [2.05, 4.69) is 41.0 Å². The average molecular weight is 262 g/mol. The summed E-state index contributed by atoms with van der Waals surface area (Å²) in [7, 11) is 0. The Bertz CT molecular complexity index is 426. The number of piperazine rings is 1. The summed E-state index contributed by atoms with van der Waals surface area (Å²) in [4.78, 5) is 15.2. The Balaban J connectivity index is 1.87. The predicted octanol–water partition coefficient (Wildman–Crippen LogP) is 1.85. The summed E-state index contributed by atoms with van der Waals surface area (Å²) in [5.41, 5.74) is 2.66. The number of aryl methyl sites for hydroxylation is 1. The molecule has 0 atom stereocenters. The average Bonchev–Trinajstić information content (AvgIpc) is 2.45. The number of carboxylic acids is 1. The standard InChI is InChI=1S/C15H22N2O2/c1-2-13-4-3-5-14(12-13)17-10-8-16(9-11-17)7-6-15(18)19/h3-5,12H,2,6-11H2,1H3,(H,18,19). The first-order valence-corrected chi connectivity index (χ1v) is 6.97. The molecule has 0 saturated carbocycles. The Morgan fingerprint density at radius 3 is 2.63 bits per heavy atom. The number of hydrogen-bond acceptors (Lipinski definition) is 3. The lowest BCUT2D eigenvalue weighted by Gasteiger charge is -2.36. The van der Waals surface area contributed by atoms with E-state index in [4.69, 9.17) is 5.11 Å². The summed E-state index contributed by atoms with van der Waals surface area (Å²) in [5.74, 6) is -0.710. The van der Waals surface area contributed by atoms with Gasteiger partial charge in [0.15, 0.2) is 0 Å². The van der Waals surface area contributed by atoms with E-state index < -0.39 is 5.97 Å². The molecule has 1 fully saturated rings. The molecule has 0 aromatic heterocycles. The Morgan fingerprint density at radius 1 is 1.26 bits per heavy atom. The SMILES string of the molecule is CCc1cccc(N2CCN(CCC(=O)O)CC2)c1. The van der Waals surface area contributed by atoms with Crippen molar-refractivity contribution in [1.29, 1.82) is 0 Å².